The van der Waals surface area contributed by atoms with Crippen molar-refractivity contribution in [2.24, 2.45) is 0 Å². The van der Waals surface area contributed by atoms with E-state index >= 15 is 0 Å². The summed E-state index contributed by atoms with van der Waals surface area (Å²) in [7, 11) is 0. The number of carbonyl (C=O) groups is 4. The van der Waals surface area contributed by atoms with Crippen LogP contribution in [0.4, 0.5) is 0 Å². The zero-order chi connectivity index (χ0) is 18.9. The number of aliphatic carboxylic acids is 4. The second kappa shape index (κ2) is 26.6. The van der Waals surface area contributed by atoms with Crippen molar-refractivity contribution in [3.8, 4) is 0 Å². The summed E-state index contributed by atoms with van der Waals surface area (Å²) >= 11 is 0. The van der Waals surface area contributed by atoms with Gasteiger partial charge in [-0.1, -0.05) is 26.3 Å². The molecule has 0 heterocycles. The predicted octanol–water partition coefficient (Wildman–Crippen LogP) is -3.91. The van der Waals surface area contributed by atoms with E-state index in [1.807, 2.05) is 0 Å². The molecule has 0 aliphatic rings. The van der Waals surface area contributed by atoms with Crippen LogP contribution >= 0.6 is 0 Å². The van der Waals surface area contributed by atoms with Crippen molar-refractivity contribution in [2.75, 3.05) is 0 Å². The first-order valence-corrected chi connectivity index (χ1v) is 5.23. The summed E-state index contributed by atoms with van der Waals surface area (Å²) in [5.74, 6) is -4.83. The number of carboxylic acid groups (broad SMARTS) is 4. The number of carbonyl (C=O) groups excluding carboxylic acids is 4. The molecule has 0 aromatic heterocycles. The third-order valence-corrected chi connectivity index (χ3v) is 1.03. The van der Waals surface area contributed by atoms with Gasteiger partial charge in [-0.15, -0.1) is 0 Å². The zero-order valence-corrected chi connectivity index (χ0v) is 18.8. The summed E-state index contributed by atoms with van der Waals surface area (Å²) in [5.41, 5.74) is 0.130. The van der Waals surface area contributed by atoms with Crippen molar-refractivity contribution in [2.45, 2.75) is 13.8 Å². The minimum Gasteiger partial charge on any atom is -0.545 e. The van der Waals surface area contributed by atoms with Gasteiger partial charge in [0.1, 0.15) is 0 Å². The fraction of sp³-hybridized carbons (Fsp3) is 0.143. The molecule has 10 heteroatoms. The predicted molar refractivity (Wildman–Crippen MR) is 75.8 cm³/mol. The molecule has 0 radical (unpaired) electrons. The van der Waals surface area contributed by atoms with Gasteiger partial charge in [0, 0.05) is 0 Å². The van der Waals surface area contributed by atoms with Gasteiger partial charge in [0.15, 0.2) is 0 Å². The number of hydrogen-bond donors (Lipinski definition) is 0. The van der Waals surface area contributed by atoms with E-state index in [2.05, 4.69) is 26.3 Å². The van der Waals surface area contributed by atoms with Crippen LogP contribution in [0.15, 0.2) is 49.6 Å². The first-order chi connectivity index (χ1) is 9.83. The Kier molecular flexibility index (Phi) is 42.5. The van der Waals surface area contributed by atoms with E-state index in [-0.39, 0.29) is 68.4 Å². The largest absolute Gasteiger partial charge is 2.00 e. The number of carboxylic acids is 4. The van der Waals surface area contributed by atoms with Crippen LogP contribution in [-0.2, 0) is 38.7 Å². The van der Waals surface area contributed by atoms with Crippen LogP contribution in [0, 0.1) is 0 Å². The Balaban J connectivity index is -0.0000000439. The van der Waals surface area contributed by atoms with Gasteiger partial charge in [-0.3, -0.25) is 0 Å². The topological polar surface area (TPSA) is 161 Å². The van der Waals surface area contributed by atoms with Crippen LogP contribution in [0.1, 0.15) is 13.8 Å². The van der Waals surface area contributed by atoms with E-state index in [9.17, 15) is 19.8 Å². The Morgan fingerprint density at radius 3 is 0.792 bits per heavy atom. The fourth-order valence-corrected chi connectivity index (χ4v) is 0. The van der Waals surface area contributed by atoms with E-state index in [1.54, 1.807) is 0 Å². The summed E-state index contributed by atoms with van der Waals surface area (Å²) in [4.78, 5) is 37.3. The summed E-state index contributed by atoms with van der Waals surface area (Å²) in [5, 5.41) is 37.3. The average Bonchev–Trinajstić information content (AvgIpc) is 2.40. The summed E-state index contributed by atoms with van der Waals surface area (Å²) in [6, 6.07) is 0. The van der Waals surface area contributed by atoms with E-state index < -0.39 is 23.9 Å². The monoisotopic (exact) mass is 416 g/mol. The molecule has 0 saturated heterocycles. The van der Waals surface area contributed by atoms with Gasteiger partial charge in [-0.05, 0) is 37.1 Å². The number of rotatable bonds is 4. The standard InChI is InChI=1S/2C4H6O2.2C3H4O2.Ca.Zn/c2*1-3(2)4(5)6;2*1-2-3(4)5;;/h2*1H2,2H3,(H,5,6);2*2H,1H2,(H,4,5);;/q;;;;2*+2/p-4. The third kappa shape index (κ3) is 70.1. The van der Waals surface area contributed by atoms with Crippen molar-refractivity contribution >= 4 is 61.6 Å². The first-order valence-electron chi connectivity index (χ1n) is 5.23. The van der Waals surface area contributed by atoms with E-state index in [0.717, 1.165) is 12.2 Å². The molecule has 0 atom stereocenters. The molecule has 0 aliphatic heterocycles. The second-order valence-corrected chi connectivity index (χ2v) is 3.18. The third-order valence-electron chi connectivity index (χ3n) is 1.03. The quantitative estimate of drug-likeness (QED) is 0.331. The van der Waals surface area contributed by atoms with Crippen LogP contribution in [0.25, 0.3) is 0 Å². The first kappa shape index (κ1) is 38.3. The normalized spacial score (nSPS) is 6.42. The Hall–Kier alpha value is -1.28. The maximum absolute atomic E-state index is 9.49. The van der Waals surface area contributed by atoms with Crippen molar-refractivity contribution in [3.05, 3.63) is 49.6 Å². The Morgan fingerprint density at radius 2 is 0.792 bits per heavy atom. The molecule has 0 N–H and O–H groups in total. The van der Waals surface area contributed by atoms with Crippen molar-refractivity contribution in [1.82, 2.24) is 0 Å². The van der Waals surface area contributed by atoms with Crippen molar-refractivity contribution < 1.29 is 59.1 Å². The van der Waals surface area contributed by atoms with Crippen molar-refractivity contribution in [3.63, 3.8) is 0 Å². The summed E-state index contributed by atoms with van der Waals surface area (Å²) in [6.45, 7) is 14.8. The van der Waals surface area contributed by atoms with E-state index in [4.69, 9.17) is 19.8 Å². The van der Waals surface area contributed by atoms with Crippen LogP contribution in [-0.4, -0.2) is 61.6 Å². The average molecular weight is 418 g/mol. The minimum absolute atomic E-state index is 0. The summed E-state index contributed by atoms with van der Waals surface area (Å²) < 4.78 is 0. The summed E-state index contributed by atoms with van der Waals surface area (Å²) in [6.07, 6.45) is 1.44. The molecule has 0 aromatic carbocycles. The molecule has 0 fully saturated rings. The maximum Gasteiger partial charge on any atom is 2.00 e. The molecule has 0 rings (SSSR count). The Labute approximate surface area is 183 Å². The molecular formula is C14H16CaO8Zn. The molecule has 0 aromatic rings. The van der Waals surface area contributed by atoms with Crippen LogP contribution < -0.4 is 20.4 Å². The van der Waals surface area contributed by atoms with Gasteiger partial charge in [0.05, 0.1) is 23.9 Å². The molecule has 0 saturated carbocycles. The van der Waals surface area contributed by atoms with Gasteiger partial charge >= 0.3 is 57.2 Å². The number of hydrogen-bond acceptors (Lipinski definition) is 8. The van der Waals surface area contributed by atoms with Gasteiger partial charge in [0.2, 0.25) is 0 Å². The van der Waals surface area contributed by atoms with Gasteiger partial charge in [0.25, 0.3) is 0 Å². The molecule has 0 aliphatic carbocycles. The Morgan fingerprint density at radius 1 is 0.708 bits per heavy atom. The van der Waals surface area contributed by atoms with E-state index in [0.29, 0.717) is 0 Å². The molecule has 0 amide bonds. The van der Waals surface area contributed by atoms with Crippen molar-refractivity contribution in [1.29, 1.82) is 0 Å². The molecule has 0 bridgehead atoms. The second-order valence-electron chi connectivity index (χ2n) is 3.18. The van der Waals surface area contributed by atoms with Gasteiger partial charge in [-0.25, -0.2) is 0 Å². The smallest absolute Gasteiger partial charge is 0.545 e. The van der Waals surface area contributed by atoms with E-state index in [1.165, 1.54) is 13.8 Å². The van der Waals surface area contributed by atoms with Gasteiger partial charge < -0.3 is 39.6 Å². The molecule has 24 heavy (non-hydrogen) atoms. The fourth-order valence-electron chi connectivity index (χ4n) is 0. The minimum atomic E-state index is -1.23. The van der Waals surface area contributed by atoms with Crippen LogP contribution in [0.3, 0.4) is 0 Å². The SMILES string of the molecule is C=C(C)C(=O)[O-].C=C(C)C(=O)[O-].C=CC(=O)[O-].C=CC(=O)[O-].[Ca+2].[Zn+2]. The molecule has 124 valence electrons. The zero-order valence-electron chi connectivity index (χ0n) is 13.7. The molecule has 0 spiro atoms. The van der Waals surface area contributed by atoms with Crippen LogP contribution in [0.2, 0.25) is 0 Å². The Bertz CT molecular complexity index is 392. The maximum atomic E-state index is 9.49. The molecular weight excluding hydrogens is 402 g/mol. The van der Waals surface area contributed by atoms with Gasteiger partial charge in [-0.2, -0.15) is 0 Å². The molecule has 8 nitrogen and oxygen atoms in total. The molecule has 0 unspecified atom stereocenters. The van der Waals surface area contributed by atoms with Crippen LogP contribution in [0.5, 0.6) is 0 Å².